The van der Waals surface area contributed by atoms with Gasteiger partial charge in [0.05, 0.1) is 5.69 Å². The Labute approximate surface area is 200 Å². The average Bonchev–Trinajstić information content (AvgIpc) is 2.78. The number of aromatic nitrogens is 2. The van der Waals surface area contributed by atoms with Gasteiger partial charge in [0.25, 0.3) is 5.56 Å². The molecule has 2 heterocycles. The normalized spacial score (nSPS) is 14.4. The molecule has 7 nitrogen and oxygen atoms in total. The summed E-state index contributed by atoms with van der Waals surface area (Å²) in [6.45, 7) is 9.60. The van der Waals surface area contributed by atoms with Gasteiger partial charge in [0.15, 0.2) is 5.16 Å². The summed E-state index contributed by atoms with van der Waals surface area (Å²) in [5.74, 6) is 0.991. The monoisotopic (exact) mass is 472 g/mol. The van der Waals surface area contributed by atoms with E-state index in [1.54, 1.807) is 11.8 Å². The van der Waals surface area contributed by atoms with Gasteiger partial charge in [-0.1, -0.05) is 49.0 Å². The molecule has 0 saturated heterocycles. The first kappa shape index (κ1) is 25.3. The van der Waals surface area contributed by atoms with Crippen molar-refractivity contribution in [1.82, 2.24) is 20.2 Å². The van der Waals surface area contributed by atoms with Crippen molar-refractivity contribution in [1.29, 1.82) is 0 Å². The number of fused-ring (bicyclic) bond motifs is 1. The van der Waals surface area contributed by atoms with Crippen LogP contribution < -0.4 is 16.2 Å². The Kier molecular flexibility index (Phi) is 8.97. The molecule has 0 radical (unpaired) electrons. The van der Waals surface area contributed by atoms with Gasteiger partial charge in [-0.3, -0.25) is 9.36 Å². The minimum absolute atomic E-state index is 0.0219. The number of hydrogen-bond acceptors (Lipinski definition) is 6. The molecule has 1 aromatic heterocycles. The molecular weight excluding hydrogens is 436 g/mol. The minimum Gasteiger partial charge on any atom is -0.444 e. The van der Waals surface area contributed by atoms with Gasteiger partial charge in [0.1, 0.15) is 5.60 Å². The van der Waals surface area contributed by atoms with Crippen molar-refractivity contribution in [3.63, 3.8) is 0 Å². The van der Waals surface area contributed by atoms with Crippen molar-refractivity contribution < 1.29 is 9.53 Å². The first-order valence-corrected chi connectivity index (χ1v) is 12.8. The molecule has 2 N–H and O–H groups in total. The Hall–Kier alpha value is -2.32. The fourth-order valence-corrected chi connectivity index (χ4v) is 4.79. The molecule has 1 aliphatic heterocycles. The molecule has 1 aliphatic rings. The van der Waals surface area contributed by atoms with Crippen LogP contribution in [0.2, 0.25) is 0 Å². The highest BCUT2D eigenvalue weighted by Crippen LogP contribution is 2.26. The van der Waals surface area contributed by atoms with Crippen molar-refractivity contribution in [3.8, 4) is 0 Å². The predicted octanol–water partition coefficient (Wildman–Crippen LogP) is 4.29. The van der Waals surface area contributed by atoms with E-state index in [0.29, 0.717) is 19.5 Å². The second-order valence-electron chi connectivity index (χ2n) is 9.28. The van der Waals surface area contributed by atoms with Gasteiger partial charge in [0, 0.05) is 36.9 Å². The van der Waals surface area contributed by atoms with Crippen LogP contribution in [-0.2, 0) is 17.7 Å². The highest BCUT2D eigenvalue weighted by molar-refractivity contribution is 7.99. The number of carbonyl (C=O) groups excluding carboxylic acids is 1. The molecule has 1 unspecified atom stereocenters. The zero-order chi connectivity index (χ0) is 23.8. The van der Waals surface area contributed by atoms with E-state index in [2.05, 4.69) is 29.7 Å². The molecule has 0 spiro atoms. The molecule has 0 aliphatic carbocycles. The van der Waals surface area contributed by atoms with E-state index < -0.39 is 11.7 Å². The van der Waals surface area contributed by atoms with Crippen LogP contribution in [0.15, 0.2) is 40.3 Å². The maximum Gasteiger partial charge on any atom is 0.407 e. The van der Waals surface area contributed by atoms with E-state index in [0.717, 1.165) is 53.5 Å². The second-order valence-corrected chi connectivity index (χ2v) is 10.3. The van der Waals surface area contributed by atoms with Gasteiger partial charge in [0.2, 0.25) is 0 Å². The Morgan fingerprint density at radius 2 is 2.00 bits per heavy atom. The Morgan fingerprint density at radius 3 is 2.70 bits per heavy atom. The van der Waals surface area contributed by atoms with Crippen molar-refractivity contribution in [2.45, 2.75) is 76.7 Å². The summed E-state index contributed by atoms with van der Waals surface area (Å²) < 4.78 is 7.12. The maximum absolute atomic E-state index is 13.4. The number of thioether (sulfide) groups is 1. The van der Waals surface area contributed by atoms with E-state index in [9.17, 15) is 9.59 Å². The van der Waals surface area contributed by atoms with Crippen LogP contribution in [0.5, 0.6) is 0 Å². The number of hydrogen-bond donors (Lipinski definition) is 2. The maximum atomic E-state index is 13.4. The molecule has 33 heavy (non-hydrogen) atoms. The van der Waals surface area contributed by atoms with Crippen LogP contribution in [0.1, 0.15) is 69.8 Å². The first-order chi connectivity index (χ1) is 15.8. The standard InChI is InChI=1S/C25H36N4O3S/c1-5-20(26-13-9-14-27-24(31)32-25(2,3)4)21-19(17-18-11-7-6-8-12-18)22(30)29-15-10-16-33-23(29)28-21/h6-8,11-12,20,26H,5,9-10,13-17H2,1-4H3,(H,27,31). The fraction of sp³-hybridized carbons (Fsp3) is 0.560. The van der Waals surface area contributed by atoms with Crippen molar-refractivity contribution >= 4 is 17.9 Å². The van der Waals surface area contributed by atoms with Gasteiger partial charge in [-0.15, -0.1) is 0 Å². The second kappa shape index (κ2) is 11.7. The van der Waals surface area contributed by atoms with Crippen LogP contribution in [0.25, 0.3) is 0 Å². The van der Waals surface area contributed by atoms with Crippen LogP contribution in [0.3, 0.4) is 0 Å². The van der Waals surface area contributed by atoms with E-state index in [1.807, 2.05) is 43.5 Å². The quantitative estimate of drug-likeness (QED) is 0.418. The van der Waals surface area contributed by atoms with Crippen molar-refractivity contribution in [2.24, 2.45) is 0 Å². The third-order valence-corrected chi connectivity index (χ3v) is 6.45. The number of nitrogens with one attached hydrogen (secondary N) is 2. The fourth-order valence-electron chi connectivity index (χ4n) is 3.84. The average molecular weight is 473 g/mol. The van der Waals surface area contributed by atoms with Crippen LogP contribution in [-0.4, -0.2) is 40.1 Å². The van der Waals surface area contributed by atoms with E-state index in [1.165, 1.54) is 0 Å². The van der Waals surface area contributed by atoms with Crippen LogP contribution in [0, 0.1) is 0 Å². The Morgan fingerprint density at radius 1 is 1.24 bits per heavy atom. The summed E-state index contributed by atoms with van der Waals surface area (Å²) in [7, 11) is 0. The van der Waals surface area contributed by atoms with Crippen LogP contribution in [0.4, 0.5) is 4.79 Å². The SMILES string of the molecule is CCC(NCCCNC(=O)OC(C)(C)C)c1nc2n(c(=O)c1Cc1ccccc1)CCCS2. The number of carbonyl (C=O) groups is 1. The number of benzene rings is 1. The highest BCUT2D eigenvalue weighted by Gasteiger charge is 2.24. The molecule has 1 atom stereocenters. The minimum atomic E-state index is -0.505. The number of amides is 1. The molecule has 2 aromatic rings. The smallest absolute Gasteiger partial charge is 0.407 e. The summed E-state index contributed by atoms with van der Waals surface area (Å²) in [6, 6.07) is 10.1. The molecule has 3 rings (SSSR count). The zero-order valence-corrected chi connectivity index (χ0v) is 21.0. The molecule has 0 saturated carbocycles. The molecule has 1 amide bonds. The summed E-state index contributed by atoms with van der Waals surface area (Å²) in [6.07, 6.45) is 2.74. The lowest BCUT2D eigenvalue weighted by atomic mass is 9.99. The van der Waals surface area contributed by atoms with Crippen molar-refractivity contribution in [3.05, 3.63) is 57.5 Å². The van der Waals surface area contributed by atoms with Gasteiger partial charge in [-0.25, -0.2) is 9.78 Å². The third-order valence-electron chi connectivity index (χ3n) is 5.39. The number of alkyl carbamates (subject to hydrolysis) is 1. The van der Waals surface area contributed by atoms with Gasteiger partial charge in [-0.05, 0) is 52.1 Å². The summed E-state index contributed by atoms with van der Waals surface area (Å²) in [5.41, 5.74) is 2.32. The molecule has 1 aromatic carbocycles. The summed E-state index contributed by atoms with van der Waals surface area (Å²) in [5, 5.41) is 7.17. The zero-order valence-electron chi connectivity index (χ0n) is 20.1. The van der Waals surface area contributed by atoms with E-state index in [4.69, 9.17) is 9.72 Å². The van der Waals surface area contributed by atoms with E-state index in [-0.39, 0.29) is 11.6 Å². The topological polar surface area (TPSA) is 85.2 Å². The molecule has 0 bridgehead atoms. The first-order valence-electron chi connectivity index (χ1n) is 11.8. The number of nitrogens with zero attached hydrogens (tertiary/aromatic N) is 2. The van der Waals surface area contributed by atoms with Gasteiger partial charge < -0.3 is 15.4 Å². The predicted molar refractivity (Wildman–Crippen MR) is 133 cm³/mol. The molecule has 8 heteroatoms. The molecular formula is C25H36N4O3S. The Bertz CT molecular complexity index is 986. The van der Waals surface area contributed by atoms with Gasteiger partial charge >= 0.3 is 6.09 Å². The third kappa shape index (κ3) is 7.33. The molecule has 0 fully saturated rings. The number of rotatable bonds is 9. The van der Waals surface area contributed by atoms with E-state index >= 15 is 0 Å². The Balaban J connectivity index is 1.71. The lowest BCUT2D eigenvalue weighted by Crippen LogP contribution is -2.35. The summed E-state index contributed by atoms with van der Waals surface area (Å²) in [4.78, 5) is 30.2. The molecule has 180 valence electrons. The summed E-state index contributed by atoms with van der Waals surface area (Å²) >= 11 is 1.66. The highest BCUT2D eigenvalue weighted by atomic mass is 32.2. The number of ether oxygens (including phenoxy) is 1. The van der Waals surface area contributed by atoms with Crippen LogP contribution >= 0.6 is 11.8 Å². The van der Waals surface area contributed by atoms with Crippen molar-refractivity contribution in [2.75, 3.05) is 18.8 Å². The largest absolute Gasteiger partial charge is 0.444 e. The van der Waals surface area contributed by atoms with Gasteiger partial charge in [-0.2, -0.15) is 0 Å². The lowest BCUT2D eigenvalue weighted by molar-refractivity contribution is 0.0527. The lowest BCUT2D eigenvalue weighted by Gasteiger charge is -2.24.